The first kappa shape index (κ1) is 16.9. The van der Waals surface area contributed by atoms with E-state index in [0.717, 1.165) is 5.56 Å². The summed E-state index contributed by atoms with van der Waals surface area (Å²) in [6, 6.07) is 7.71. The maximum absolute atomic E-state index is 12.6. The fourth-order valence-electron chi connectivity index (χ4n) is 2.06. The van der Waals surface area contributed by atoms with Crippen molar-refractivity contribution >= 4 is 38.9 Å². The van der Waals surface area contributed by atoms with Crippen molar-refractivity contribution in [2.45, 2.75) is 18.7 Å². The molecule has 0 saturated heterocycles. The van der Waals surface area contributed by atoms with Crippen molar-refractivity contribution in [2.24, 2.45) is 0 Å². The van der Waals surface area contributed by atoms with Gasteiger partial charge in [0.15, 0.2) is 0 Å². The number of benzene rings is 2. The zero-order chi connectivity index (χ0) is 16.5. The van der Waals surface area contributed by atoms with E-state index in [-0.39, 0.29) is 15.6 Å². The fraction of sp³-hybridized carbons (Fsp3) is 0.200. The summed E-state index contributed by atoms with van der Waals surface area (Å²) < 4.78 is 32.8. The molecule has 0 fully saturated rings. The summed E-state index contributed by atoms with van der Waals surface area (Å²) >= 11 is 11.9. The number of hydrogen-bond donors (Lipinski definition) is 1. The molecule has 4 nitrogen and oxygen atoms in total. The molecule has 22 heavy (non-hydrogen) atoms. The summed E-state index contributed by atoms with van der Waals surface area (Å²) in [5.74, 6) is 0.636. The maximum atomic E-state index is 12.6. The van der Waals surface area contributed by atoms with Crippen LogP contribution in [0.25, 0.3) is 0 Å². The molecule has 2 aromatic carbocycles. The monoisotopic (exact) mass is 359 g/mol. The van der Waals surface area contributed by atoms with Crippen molar-refractivity contribution < 1.29 is 13.2 Å². The van der Waals surface area contributed by atoms with Gasteiger partial charge in [-0.2, -0.15) is 0 Å². The van der Waals surface area contributed by atoms with Gasteiger partial charge in [-0.1, -0.05) is 23.2 Å². The third-order valence-electron chi connectivity index (χ3n) is 3.37. The molecular formula is C15H15Cl2NO3S. The molecule has 7 heteroatoms. The molecule has 0 amide bonds. The van der Waals surface area contributed by atoms with Crippen LogP contribution in [0.2, 0.25) is 10.0 Å². The highest BCUT2D eigenvalue weighted by atomic mass is 35.5. The molecule has 0 unspecified atom stereocenters. The van der Waals surface area contributed by atoms with Crippen molar-refractivity contribution in [3.8, 4) is 5.75 Å². The minimum absolute atomic E-state index is 0.168. The zero-order valence-electron chi connectivity index (χ0n) is 12.3. The molecule has 2 rings (SSSR count). The molecule has 0 bridgehead atoms. The van der Waals surface area contributed by atoms with E-state index >= 15 is 0 Å². The Bertz CT molecular complexity index is 820. The molecule has 118 valence electrons. The van der Waals surface area contributed by atoms with Crippen LogP contribution >= 0.6 is 23.2 Å². The van der Waals surface area contributed by atoms with Gasteiger partial charge in [0.05, 0.1) is 22.7 Å². The first-order chi connectivity index (χ1) is 10.3. The Balaban J connectivity index is 2.47. The number of hydrogen-bond acceptors (Lipinski definition) is 3. The molecule has 2 aromatic rings. The predicted octanol–water partition coefficient (Wildman–Crippen LogP) is 4.42. The molecule has 0 aliphatic heterocycles. The molecule has 0 radical (unpaired) electrons. The smallest absolute Gasteiger partial charge is 0.262 e. The molecule has 0 saturated carbocycles. The number of methoxy groups -OCH3 is 1. The van der Waals surface area contributed by atoms with E-state index in [1.165, 1.54) is 18.2 Å². The topological polar surface area (TPSA) is 55.4 Å². The highest BCUT2D eigenvalue weighted by Crippen LogP contribution is 2.31. The number of rotatable bonds is 4. The zero-order valence-corrected chi connectivity index (χ0v) is 14.6. The summed E-state index contributed by atoms with van der Waals surface area (Å²) in [6.45, 7) is 3.53. The molecule has 0 aromatic heterocycles. The third kappa shape index (κ3) is 3.32. The van der Waals surface area contributed by atoms with Gasteiger partial charge in [0, 0.05) is 5.02 Å². The van der Waals surface area contributed by atoms with Crippen LogP contribution in [0.15, 0.2) is 35.2 Å². The quantitative estimate of drug-likeness (QED) is 0.878. The van der Waals surface area contributed by atoms with Crippen LogP contribution in [0.3, 0.4) is 0 Å². The van der Waals surface area contributed by atoms with Gasteiger partial charge in [-0.25, -0.2) is 8.42 Å². The van der Waals surface area contributed by atoms with Crippen LogP contribution in [0.5, 0.6) is 5.75 Å². The Hall–Kier alpha value is -1.43. The SMILES string of the molecule is COc1ccc(S(=O)(=O)Nc2cc(Cl)ccc2Cl)c(C)c1C. The Labute approximate surface area is 140 Å². The van der Waals surface area contributed by atoms with Crippen LogP contribution in [0.1, 0.15) is 11.1 Å². The van der Waals surface area contributed by atoms with E-state index < -0.39 is 10.0 Å². The average Bonchev–Trinajstić information content (AvgIpc) is 2.45. The number of nitrogens with one attached hydrogen (secondary N) is 1. The molecule has 1 N–H and O–H groups in total. The van der Waals surface area contributed by atoms with Gasteiger partial charge >= 0.3 is 0 Å². The first-order valence-corrected chi connectivity index (χ1v) is 8.62. The second-order valence-electron chi connectivity index (χ2n) is 4.75. The second kappa shape index (κ2) is 6.36. The minimum Gasteiger partial charge on any atom is -0.496 e. The minimum atomic E-state index is -3.78. The van der Waals surface area contributed by atoms with Crippen LogP contribution in [0, 0.1) is 13.8 Å². The summed E-state index contributed by atoms with van der Waals surface area (Å²) in [5.41, 5.74) is 1.62. The van der Waals surface area contributed by atoms with Crippen LogP contribution in [0.4, 0.5) is 5.69 Å². The number of sulfonamides is 1. The molecular weight excluding hydrogens is 345 g/mol. The standard InChI is InChI=1S/C15H15Cl2NO3S/c1-9-10(2)15(7-6-14(9)21-3)22(19,20)18-13-8-11(16)4-5-12(13)17/h4-8,18H,1-3H3. The highest BCUT2D eigenvalue weighted by Gasteiger charge is 2.20. The van der Waals surface area contributed by atoms with E-state index in [1.54, 1.807) is 33.1 Å². The van der Waals surface area contributed by atoms with Gasteiger partial charge in [-0.05, 0) is 55.3 Å². The lowest BCUT2D eigenvalue weighted by molar-refractivity contribution is 0.411. The lowest BCUT2D eigenvalue weighted by Gasteiger charge is -2.15. The van der Waals surface area contributed by atoms with Gasteiger partial charge in [0.1, 0.15) is 5.75 Å². The Morgan fingerprint density at radius 1 is 1.05 bits per heavy atom. The van der Waals surface area contributed by atoms with Crippen molar-refractivity contribution in [3.63, 3.8) is 0 Å². The predicted molar refractivity (Wildman–Crippen MR) is 89.7 cm³/mol. The van der Waals surface area contributed by atoms with Crippen molar-refractivity contribution in [1.82, 2.24) is 0 Å². The summed E-state index contributed by atoms with van der Waals surface area (Å²) in [4.78, 5) is 0.168. The lowest BCUT2D eigenvalue weighted by atomic mass is 10.1. The van der Waals surface area contributed by atoms with Crippen LogP contribution in [-0.4, -0.2) is 15.5 Å². The summed E-state index contributed by atoms with van der Waals surface area (Å²) in [7, 11) is -2.24. The van der Waals surface area contributed by atoms with E-state index in [9.17, 15) is 8.42 Å². The molecule has 0 aliphatic rings. The number of ether oxygens (including phenoxy) is 1. The van der Waals surface area contributed by atoms with E-state index in [4.69, 9.17) is 27.9 Å². The van der Waals surface area contributed by atoms with Crippen LogP contribution in [-0.2, 0) is 10.0 Å². The molecule has 0 aliphatic carbocycles. The fourth-order valence-corrected chi connectivity index (χ4v) is 3.82. The van der Waals surface area contributed by atoms with Crippen LogP contribution < -0.4 is 9.46 Å². The van der Waals surface area contributed by atoms with Gasteiger partial charge < -0.3 is 4.74 Å². The number of anilines is 1. The van der Waals surface area contributed by atoms with E-state index in [2.05, 4.69) is 4.72 Å². The average molecular weight is 360 g/mol. The van der Waals surface area contributed by atoms with Crippen molar-refractivity contribution in [1.29, 1.82) is 0 Å². The Kier molecular flexibility index (Phi) is 4.90. The maximum Gasteiger partial charge on any atom is 0.262 e. The largest absolute Gasteiger partial charge is 0.496 e. The van der Waals surface area contributed by atoms with Crippen molar-refractivity contribution in [3.05, 3.63) is 51.5 Å². The van der Waals surface area contributed by atoms with Crippen molar-refractivity contribution in [2.75, 3.05) is 11.8 Å². The lowest BCUT2D eigenvalue weighted by Crippen LogP contribution is -2.15. The third-order valence-corrected chi connectivity index (χ3v) is 5.44. The summed E-state index contributed by atoms with van der Waals surface area (Å²) in [6.07, 6.45) is 0. The molecule has 0 atom stereocenters. The Morgan fingerprint density at radius 3 is 2.36 bits per heavy atom. The van der Waals surface area contributed by atoms with E-state index in [1.807, 2.05) is 0 Å². The van der Waals surface area contributed by atoms with Gasteiger partial charge in [0.2, 0.25) is 0 Å². The second-order valence-corrected chi connectivity index (χ2v) is 7.24. The van der Waals surface area contributed by atoms with Gasteiger partial charge in [-0.15, -0.1) is 0 Å². The summed E-state index contributed by atoms with van der Waals surface area (Å²) in [5, 5.41) is 0.667. The van der Waals surface area contributed by atoms with E-state index in [0.29, 0.717) is 16.3 Å². The number of halogens is 2. The van der Waals surface area contributed by atoms with Gasteiger partial charge in [0.25, 0.3) is 10.0 Å². The molecule has 0 heterocycles. The normalized spacial score (nSPS) is 11.3. The Morgan fingerprint density at radius 2 is 1.73 bits per heavy atom. The van der Waals surface area contributed by atoms with Gasteiger partial charge in [-0.3, -0.25) is 4.72 Å². The molecule has 0 spiro atoms. The highest BCUT2D eigenvalue weighted by molar-refractivity contribution is 7.92. The first-order valence-electron chi connectivity index (χ1n) is 6.38.